The lowest BCUT2D eigenvalue weighted by Crippen LogP contribution is -2.15. The van der Waals surface area contributed by atoms with Crippen LogP contribution in [0.5, 0.6) is 0 Å². The summed E-state index contributed by atoms with van der Waals surface area (Å²) in [5.41, 5.74) is 1.68. The van der Waals surface area contributed by atoms with E-state index in [1.165, 1.54) is 23.5 Å². The van der Waals surface area contributed by atoms with Crippen LogP contribution in [0.3, 0.4) is 0 Å². The summed E-state index contributed by atoms with van der Waals surface area (Å²) < 4.78 is 18.2. The van der Waals surface area contributed by atoms with Crippen LogP contribution in [0.1, 0.15) is 30.1 Å². The van der Waals surface area contributed by atoms with Gasteiger partial charge in [-0.05, 0) is 37.5 Å². The summed E-state index contributed by atoms with van der Waals surface area (Å²) >= 11 is 1.28. The lowest BCUT2D eigenvalue weighted by Gasteiger charge is -2.08. The van der Waals surface area contributed by atoms with Gasteiger partial charge in [0.25, 0.3) is 0 Å². The minimum Gasteiger partial charge on any atom is -0.462 e. The van der Waals surface area contributed by atoms with E-state index in [0.29, 0.717) is 21.7 Å². The molecule has 1 aromatic carbocycles. The third-order valence-electron chi connectivity index (χ3n) is 3.61. The second-order valence-electron chi connectivity index (χ2n) is 5.34. The molecule has 0 radical (unpaired) electrons. The van der Waals surface area contributed by atoms with Crippen molar-refractivity contribution in [2.75, 3.05) is 11.9 Å². The standard InChI is InChI=1S/C17H16FNO3S/c1-2-22-17(21)14-13(10-5-7-12(18)8-6-10)9-23-16(14)19-15(20)11-3-4-11/h5-9,11H,2-4H2,1H3,(H,19,20). The predicted molar refractivity (Wildman–Crippen MR) is 87.0 cm³/mol. The zero-order valence-electron chi connectivity index (χ0n) is 12.6. The second kappa shape index (κ2) is 6.50. The number of carbonyl (C=O) groups is 2. The van der Waals surface area contributed by atoms with Crippen molar-refractivity contribution < 1.29 is 18.7 Å². The van der Waals surface area contributed by atoms with Crippen molar-refractivity contribution in [3.8, 4) is 11.1 Å². The van der Waals surface area contributed by atoms with Gasteiger partial charge in [0.15, 0.2) is 0 Å². The summed E-state index contributed by atoms with van der Waals surface area (Å²) in [6.45, 7) is 1.97. The summed E-state index contributed by atoms with van der Waals surface area (Å²) in [6.07, 6.45) is 1.77. The molecule has 0 saturated heterocycles. The Balaban J connectivity index is 1.97. The molecule has 120 valence electrons. The number of nitrogens with one attached hydrogen (secondary N) is 1. The van der Waals surface area contributed by atoms with E-state index in [1.807, 2.05) is 0 Å². The van der Waals surface area contributed by atoms with Gasteiger partial charge >= 0.3 is 5.97 Å². The molecule has 0 bridgehead atoms. The fraction of sp³-hybridized carbons (Fsp3) is 0.294. The van der Waals surface area contributed by atoms with Crippen molar-refractivity contribution in [2.24, 2.45) is 5.92 Å². The summed E-state index contributed by atoms with van der Waals surface area (Å²) in [4.78, 5) is 24.3. The molecule has 1 aliphatic carbocycles. The van der Waals surface area contributed by atoms with Gasteiger partial charge in [-0.25, -0.2) is 9.18 Å². The fourth-order valence-electron chi connectivity index (χ4n) is 2.26. The number of anilines is 1. The fourth-order valence-corrected chi connectivity index (χ4v) is 3.22. The highest BCUT2D eigenvalue weighted by Crippen LogP contribution is 2.38. The smallest absolute Gasteiger partial charge is 0.341 e. The lowest BCUT2D eigenvalue weighted by molar-refractivity contribution is -0.117. The maximum Gasteiger partial charge on any atom is 0.341 e. The summed E-state index contributed by atoms with van der Waals surface area (Å²) in [7, 11) is 0. The SMILES string of the molecule is CCOC(=O)c1c(-c2ccc(F)cc2)csc1NC(=O)C1CC1. The molecule has 23 heavy (non-hydrogen) atoms. The Labute approximate surface area is 137 Å². The zero-order chi connectivity index (χ0) is 16.4. The van der Waals surface area contributed by atoms with Gasteiger partial charge in [-0.3, -0.25) is 4.79 Å². The van der Waals surface area contributed by atoms with Gasteiger partial charge in [-0.2, -0.15) is 0 Å². The normalized spacial score (nSPS) is 13.7. The van der Waals surface area contributed by atoms with Gasteiger partial charge in [0.05, 0.1) is 6.61 Å². The van der Waals surface area contributed by atoms with Crippen LogP contribution in [-0.2, 0) is 9.53 Å². The van der Waals surface area contributed by atoms with E-state index >= 15 is 0 Å². The highest BCUT2D eigenvalue weighted by atomic mass is 32.1. The van der Waals surface area contributed by atoms with Gasteiger partial charge in [0.1, 0.15) is 16.4 Å². The molecular formula is C17H16FNO3S. The van der Waals surface area contributed by atoms with Crippen molar-refractivity contribution >= 4 is 28.2 Å². The number of carbonyl (C=O) groups excluding carboxylic acids is 2. The quantitative estimate of drug-likeness (QED) is 0.839. The van der Waals surface area contributed by atoms with Crippen molar-refractivity contribution in [3.05, 3.63) is 41.0 Å². The van der Waals surface area contributed by atoms with Gasteiger partial charge in [0, 0.05) is 16.9 Å². The number of hydrogen-bond donors (Lipinski definition) is 1. The molecule has 0 aliphatic heterocycles. The Kier molecular flexibility index (Phi) is 4.43. The van der Waals surface area contributed by atoms with E-state index in [-0.39, 0.29) is 24.2 Å². The topological polar surface area (TPSA) is 55.4 Å². The second-order valence-corrected chi connectivity index (χ2v) is 6.22. The number of benzene rings is 1. The highest BCUT2D eigenvalue weighted by molar-refractivity contribution is 7.15. The average Bonchev–Trinajstić information content (AvgIpc) is 3.30. The Bertz CT molecular complexity index is 735. The molecule has 1 fully saturated rings. The predicted octanol–water partition coefficient (Wildman–Crippen LogP) is 4.08. The molecule has 4 nitrogen and oxygen atoms in total. The molecule has 1 N–H and O–H groups in total. The first kappa shape index (κ1) is 15.7. The number of thiophene rings is 1. The molecule has 1 heterocycles. The number of hydrogen-bond acceptors (Lipinski definition) is 4. The van der Waals surface area contributed by atoms with Crippen LogP contribution in [0.25, 0.3) is 11.1 Å². The first-order chi connectivity index (χ1) is 11.1. The molecular weight excluding hydrogens is 317 g/mol. The van der Waals surface area contributed by atoms with Gasteiger partial charge in [-0.15, -0.1) is 11.3 Å². The monoisotopic (exact) mass is 333 g/mol. The largest absolute Gasteiger partial charge is 0.462 e. The molecule has 1 aliphatic rings. The average molecular weight is 333 g/mol. The van der Waals surface area contributed by atoms with Crippen molar-refractivity contribution in [3.63, 3.8) is 0 Å². The molecule has 3 rings (SSSR count). The Hall–Kier alpha value is -2.21. The van der Waals surface area contributed by atoms with Crippen molar-refractivity contribution in [2.45, 2.75) is 19.8 Å². The number of halogens is 1. The van der Waals surface area contributed by atoms with Crippen LogP contribution in [0.15, 0.2) is 29.6 Å². The molecule has 1 aromatic heterocycles. The molecule has 1 amide bonds. The summed E-state index contributed by atoms with van der Waals surface area (Å²) in [5, 5.41) is 5.08. The van der Waals surface area contributed by atoms with E-state index < -0.39 is 5.97 Å². The Morgan fingerprint density at radius 2 is 2.00 bits per heavy atom. The van der Waals surface area contributed by atoms with Crippen LogP contribution in [0.2, 0.25) is 0 Å². The molecule has 0 atom stereocenters. The van der Waals surface area contributed by atoms with Crippen molar-refractivity contribution in [1.29, 1.82) is 0 Å². The number of amides is 1. The highest BCUT2D eigenvalue weighted by Gasteiger charge is 2.31. The first-order valence-corrected chi connectivity index (χ1v) is 8.33. The van der Waals surface area contributed by atoms with E-state index in [9.17, 15) is 14.0 Å². The van der Waals surface area contributed by atoms with E-state index in [1.54, 1.807) is 24.4 Å². The van der Waals surface area contributed by atoms with Crippen LogP contribution in [0, 0.1) is 11.7 Å². The van der Waals surface area contributed by atoms with Gasteiger partial charge in [-0.1, -0.05) is 12.1 Å². The molecule has 6 heteroatoms. The van der Waals surface area contributed by atoms with E-state index in [2.05, 4.69) is 5.32 Å². The molecule has 0 spiro atoms. The minimum absolute atomic E-state index is 0.0430. The van der Waals surface area contributed by atoms with Crippen LogP contribution in [0.4, 0.5) is 9.39 Å². The Morgan fingerprint density at radius 1 is 1.30 bits per heavy atom. The third-order valence-corrected chi connectivity index (χ3v) is 4.51. The van der Waals surface area contributed by atoms with E-state index in [4.69, 9.17) is 4.74 Å². The molecule has 2 aromatic rings. The van der Waals surface area contributed by atoms with Gasteiger partial charge < -0.3 is 10.1 Å². The van der Waals surface area contributed by atoms with Gasteiger partial charge in [0.2, 0.25) is 5.91 Å². The maximum absolute atomic E-state index is 13.1. The number of ether oxygens (including phenoxy) is 1. The van der Waals surface area contributed by atoms with Crippen LogP contribution in [-0.4, -0.2) is 18.5 Å². The minimum atomic E-state index is -0.487. The number of rotatable bonds is 5. The summed E-state index contributed by atoms with van der Waals surface area (Å²) in [5.74, 6) is -0.854. The summed E-state index contributed by atoms with van der Waals surface area (Å²) in [6, 6.07) is 5.88. The maximum atomic E-state index is 13.1. The zero-order valence-corrected chi connectivity index (χ0v) is 13.4. The number of esters is 1. The first-order valence-electron chi connectivity index (χ1n) is 7.45. The molecule has 1 saturated carbocycles. The van der Waals surface area contributed by atoms with E-state index in [0.717, 1.165) is 12.8 Å². The third kappa shape index (κ3) is 3.42. The van der Waals surface area contributed by atoms with Crippen LogP contribution >= 0.6 is 11.3 Å². The van der Waals surface area contributed by atoms with Crippen LogP contribution < -0.4 is 5.32 Å². The van der Waals surface area contributed by atoms with Crippen molar-refractivity contribution in [1.82, 2.24) is 0 Å². The molecule has 0 unspecified atom stereocenters. The Morgan fingerprint density at radius 3 is 2.61 bits per heavy atom. The lowest BCUT2D eigenvalue weighted by atomic mass is 10.0.